The van der Waals surface area contributed by atoms with Crippen molar-refractivity contribution in [1.29, 1.82) is 0 Å². The minimum Gasteiger partial charge on any atom is -0.494 e. The fourth-order valence-corrected chi connectivity index (χ4v) is 2.70. The molecule has 0 bridgehead atoms. The zero-order valence-corrected chi connectivity index (χ0v) is 13.8. The molecule has 1 aliphatic rings. The topological polar surface area (TPSA) is 45.7 Å². The first kappa shape index (κ1) is 16.6. The fourth-order valence-electron chi connectivity index (χ4n) is 2.70. The average Bonchev–Trinajstić information content (AvgIpc) is 3.24. The quantitative estimate of drug-likeness (QED) is 0.626. The molecule has 122 valence electrons. The summed E-state index contributed by atoms with van der Waals surface area (Å²) in [5.74, 6) is 1.45. The molecule has 1 aromatic rings. The molecular weight excluding hydrogens is 281 g/mol. The minimum absolute atomic E-state index is 0.0324. The van der Waals surface area contributed by atoms with Crippen LogP contribution in [0.25, 0.3) is 0 Å². The van der Waals surface area contributed by atoms with Crippen molar-refractivity contribution >= 4 is 5.96 Å². The number of hydrogen-bond donors (Lipinski definition) is 2. The largest absolute Gasteiger partial charge is 0.494 e. The zero-order chi connectivity index (χ0) is 16.1. The van der Waals surface area contributed by atoms with Gasteiger partial charge < -0.3 is 15.4 Å². The Kier molecular flexibility index (Phi) is 5.63. The number of aliphatic imine (C=N–C) groups is 1. The van der Waals surface area contributed by atoms with Gasteiger partial charge >= 0.3 is 0 Å². The molecule has 0 saturated heterocycles. The van der Waals surface area contributed by atoms with Gasteiger partial charge in [0, 0.05) is 13.1 Å². The summed E-state index contributed by atoms with van der Waals surface area (Å²) in [6.07, 6.45) is 3.68. The van der Waals surface area contributed by atoms with Gasteiger partial charge in [-0.15, -0.1) is 0 Å². The highest BCUT2D eigenvalue weighted by molar-refractivity contribution is 5.80. The lowest BCUT2D eigenvalue weighted by Gasteiger charge is -2.19. The Morgan fingerprint density at radius 2 is 2.27 bits per heavy atom. The molecule has 4 nitrogen and oxygen atoms in total. The first-order valence-electron chi connectivity index (χ1n) is 7.92. The van der Waals surface area contributed by atoms with Crippen LogP contribution in [0.1, 0.15) is 44.7 Å². The summed E-state index contributed by atoms with van der Waals surface area (Å²) in [5, 5.41) is 6.75. The van der Waals surface area contributed by atoms with Crippen LogP contribution in [-0.2, 0) is 0 Å². The van der Waals surface area contributed by atoms with Gasteiger partial charge in [0.1, 0.15) is 0 Å². The van der Waals surface area contributed by atoms with Crippen molar-refractivity contribution in [1.82, 2.24) is 10.6 Å². The van der Waals surface area contributed by atoms with Crippen molar-refractivity contribution in [3.63, 3.8) is 0 Å². The smallest absolute Gasteiger partial charge is 0.191 e. The van der Waals surface area contributed by atoms with Gasteiger partial charge in [-0.2, -0.15) is 0 Å². The van der Waals surface area contributed by atoms with Gasteiger partial charge in [0.25, 0.3) is 0 Å². The highest BCUT2D eigenvalue weighted by Gasteiger charge is 2.36. The third-order valence-electron chi connectivity index (χ3n) is 4.16. The summed E-state index contributed by atoms with van der Waals surface area (Å²) in [4.78, 5) is 4.26. The standard InChI is InChI=1S/C17H26FN3O/c1-5-6-13-10-15(13)21-17(19-3)20-11(2)12-7-8-16(22-4)14(18)9-12/h7-9,11,13,15H,5-6,10H2,1-4H3,(H2,19,20,21). The highest BCUT2D eigenvalue weighted by Crippen LogP contribution is 2.34. The van der Waals surface area contributed by atoms with Crippen LogP contribution in [0.5, 0.6) is 5.75 Å². The monoisotopic (exact) mass is 307 g/mol. The van der Waals surface area contributed by atoms with Crippen molar-refractivity contribution < 1.29 is 9.13 Å². The molecule has 0 heterocycles. The van der Waals surface area contributed by atoms with Crippen LogP contribution in [0.15, 0.2) is 23.2 Å². The van der Waals surface area contributed by atoms with E-state index in [9.17, 15) is 4.39 Å². The van der Waals surface area contributed by atoms with E-state index in [1.54, 1.807) is 13.1 Å². The number of nitrogens with zero attached hydrogens (tertiary/aromatic N) is 1. The number of hydrogen-bond acceptors (Lipinski definition) is 2. The molecule has 0 amide bonds. The average molecular weight is 307 g/mol. The molecule has 1 saturated carbocycles. The molecule has 0 aliphatic heterocycles. The number of benzene rings is 1. The van der Waals surface area contributed by atoms with Crippen LogP contribution in [-0.4, -0.2) is 26.2 Å². The third-order valence-corrected chi connectivity index (χ3v) is 4.16. The number of nitrogens with one attached hydrogen (secondary N) is 2. The van der Waals surface area contributed by atoms with Crippen molar-refractivity contribution in [2.24, 2.45) is 10.9 Å². The van der Waals surface area contributed by atoms with Crippen molar-refractivity contribution in [3.05, 3.63) is 29.6 Å². The van der Waals surface area contributed by atoms with Crippen LogP contribution in [0.4, 0.5) is 4.39 Å². The first-order chi connectivity index (χ1) is 10.6. The third kappa shape index (κ3) is 4.12. The number of methoxy groups -OCH3 is 1. The van der Waals surface area contributed by atoms with E-state index in [4.69, 9.17) is 4.74 Å². The Hall–Kier alpha value is -1.78. The lowest BCUT2D eigenvalue weighted by molar-refractivity contribution is 0.386. The normalized spacial score (nSPS) is 22.1. The van der Waals surface area contributed by atoms with E-state index in [0.717, 1.165) is 17.4 Å². The molecule has 5 heteroatoms. The summed E-state index contributed by atoms with van der Waals surface area (Å²) in [7, 11) is 3.22. The van der Waals surface area contributed by atoms with E-state index in [1.165, 1.54) is 32.4 Å². The van der Waals surface area contributed by atoms with E-state index < -0.39 is 0 Å². The van der Waals surface area contributed by atoms with E-state index in [-0.39, 0.29) is 17.6 Å². The molecule has 2 N–H and O–H groups in total. The summed E-state index contributed by atoms with van der Waals surface area (Å²) < 4.78 is 18.7. The second-order valence-corrected chi connectivity index (χ2v) is 5.87. The van der Waals surface area contributed by atoms with Gasteiger partial charge in [0.15, 0.2) is 17.5 Å². The van der Waals surface area contributed by atoms with Crippen LogP contribution in [0.3, 0.4) is 0 Å². The van der Waals surface area contributed by atoms with E-state index in [2.05, 4.69) is 22.5 Å². The van der Waals surface area contributed by atoms with Crippen LogP contribution in [0.2, 0.25) is 0 Å². The van der Waals surface area contributed by atoms with Crippen LogP contribution >= 0.6 is 0 Å². The SMILES string of the molecule is CCCC1CC1NC(=NC)NC(C)c1ccc(OC)c(F)c1. The maximum absolute atomic E-state index is 13.8. The molecule has 22 heavy (non-hydrogen) atoms. The van der Waals surface area contributed by atoms with Gasteiger partial charge in [0.05, 0.1) is 13.2 Å². The minimum atomic E-state index is -0.346. The molecule has 3 unspecified atom stereocenters. The predicted molar refractivity (Wildman–Crippen MR) is 87.8 cm³/mol. The molecule has 0 spiro atoms. The summed E-state index contributed by atoms with van der Waals surface area (Å²) in [6.45, 7) is 4.20. The number of ether oxygens (including phenoxy) is 1. The molecule has 1 fully saturated rings. The molecule has 1 aromatic carbocycles. The Balaban J connectivity index is 1.92. The number of rotatable bonds is 6. The van der Waals surface area contributed by atoms with Crippen molar-refractivity contribution in [2.45, 2.75) is 45.2 Å². The van der Waals surface area contributed by atoms with Gasteiger partial charge in [-0.3, -0.25) is 4.99 Å². The Bertz CT molecular complexity index is 533. The molecule has 0 aromatic heterocycles. The fraction of sp³-hybridized carbons (Fsp3) is 0.588. The maximum atomic E-state index is 13.8. The number of halogens is 1. The summed E-state index contributed by atoms with van der Waals surface area (Å²) in [6, 6.07) is 5.50. The van der Waals surface area contributed by atoms with Gasteiger partial charge in [0.2, 0.25) is 0 Å². The summed E-state index contributed by atoms with van der Waals surface area (Å²) in [5.41, 5.74) is 0.863. The predicted octanol–water partition coefficient (Wildman–Crippen LogP) is 3.25. The Labute approximate surface area is 132 Å². The molecule has 3 atom stereocenters. The number of guanidine groups is 1. The van der Waals surface area contributed by atoms with E-state index >= 15 is 0 Å². The van der Waals surface area contributed by atoms with E-state index in [1.807, 2.05) is 13.0 Å². The maximum Gasteiger partial charge on any atom is 0.191 e. The lowest BCUT2D eigenvalue weighted by Crippen LogP contribution is -2.40. The Morgan fingerprint density at radius 3 is 2.86 bits per heavy atom. The first-order valence-corrected chi connectivity index (χ1v) is 7.92. The van der Waals surface area contributed by atoms with Gasteiger partial charge in [-0.25, -0.2) is 4.39 Å². The zero-order valence-electron chi connectivity index (χ0n) is 13.8. The van der Waals surface area contributed by atoms with Crippen LogP contribution in [0, 0.1) is 11.7 Å². The molecule has 0 radical (unpaired) electrons. The second-order valence-electron chi connectivity index (χ2n) is 5.87. The van der Waals surface area contributed by atoms with Crippen LogP contribution < -0.4 is 15.4 Å². The lowest BCUT2D eigenvalue weighted by atomic mass is 10.1. The highest BCUT2D eigenvalue weighted by atomic mass is 19.1. The van der Waals surface area contributed by atoms with Crippen molar-refractivity contribution in [2.75, 3.05) is 14.2 Å². The van der Waals surface area contributed by atoms with Gasteiger partial charge in [-0.1, -0.05) is 19.4 Å². The molecule has 2 rings (SSSR count). The summed E-state index contributed by atoms with van der Waals surface area (Å²) >= 11 is 0. The molecular formula is C17H26FN3O. The van der Waals surface area contributed by atoms with Crippen molar-refractivity contribution in [3.8, 4) is 5.75 Å². The second kappa shape index (κ2) is 7.47. The Morgan fingerprint density at radius 1 is 1.50 bits per heavy atom. The van der Waals surface area contributed by atoms with Gasteiger partial charge in [-0.05, 0) is 43.4 Å². The molecule has 1 aliphatic carbocycles. The van der Waals surface area contributed by atoms with E-state index in [0.29, 0.717) is 6.04 Å².